The first-order chi connectivity index (χ1) is 5.33. The summed E-state index contributed by atoms with van der Waals surface area (Å²) in [5.41, 5.74) is 0. The molecule has 59 valence electrons. The molecule has 0 aromatic heterocycles. The third-order valence-electron chi connectivity index (χ3n) is 1.28. The quantitative estimate of drug-likeness (QED) is 0.439. The molecule has 0 fully saturated rings. The molecular weight excluding hydrogens is 145 g/mol. The molecule has 0 heterocycles. The Morgan fingerprint density at radius 2 is 2.55 bits per heavy atom. The van der Waals surface area contributed by atoms with Crippen molar-refractivity contribution in [2.45, 2.75) is 0 Å². The van der Waals surface area contributed by atoms with Gasteiger partial charge in [-0.1, -0.05) is 17.3 Å². The second-order valence-corrected chi connectivity index (χ2v) is 2.12. The van der Waals surface area contributed by atoms with E-state index in [0.717, 1.165) is 0 Å². The van der Waals surface area contributed by atoms with E-state index in [1.807, 2.05) is 6.08 Å². The van der Waals surface area contributed by atoms with Gasteiger partial charge in [0.05, 0.1) is 6.21 Å². The normalized spacial score (nSPS) is 23.8. The van der Waals surface area contributed by atoms with E-state index in [-0.39, 0.29) is 11.7 Å². The monoisotopic (exact) mass is 154 g/mol. The van der Waals surface area contributed by atoms with Crippen LogP contribution in [0.1, 0.15) is 0 Å². The summed E-state index contributed by atoms with van der Waals surface area (Å²) in [7, 11) is 1.45. The number of hydrogen-bond acceptors (Lipinski definition) is 2. The van der Waals surface area contributed by atoms with Crippen LogP contribution in [0.3, 0.4) is 0 Å². The van der Waals surface area contributed by atoms with E-state index in [1.165, 1.54) is 25.8 Å². The van der Waals surface area contributed by atoms with Crippen molar-refractivity contribution in [3.8, 4) is 0 Å². The van der Waals surface area contributed by atoms with Gasteiger partial charge in [-0.05, 0) is 6.08 Å². The fraction of sp³-hybridized carbons (Fsp3) is 0.250. The SMILES string of the molecule is CO/N=C/C1[CH]C(F)=CC=C1. The van der Waals surface area contributed by atoms with Crippen LogP contribution in [0.4, 0.5) is 4.39 Å². The second-order valence-electron chi connectivity index (χ2n) is 2.12. The average Bonchev–Trinajstić information content (AvgIpc) is 2.01. The largest absolute Gasteiger partial charge is 0.399 e. The van der Waals surface area contributed by atoms with Crippen LogP contribution in [-0.2, 0) is 4.84 Å². The number of allylic oxidation sites excluding steroid dienone is 4. The van der Waals surface area contributed by atoms with E-state index in [0.29, 0.717) is 0 Å². The van der Waals surface area contributed by atoms with Gasteiger partial charge in [-0.3, -0.25) is 0 Å². The summed E-state index contributed by atoms with van der Waals surface area (Å²) in [6, 6.07) is 0. The minimum Gasteiger partial charge on any atom is -0.399 e. The number of oxime groups is 1. The summed E-state index contributed by atoms with van der Waals surface area (Å²) in [4.78, 5) is 4.45. The average molecular weight is 154 g/mol. The van der Waals surface area contributed by atoms with Crippen molar-refractivity contribution < 1.29 is 9.23 Å². The zero-order valence-electron chi connectivity index (χ0n) is 6.20. The molecule has 1 atom stereocenters. The van der Waals surface area contributed by atoms with Gasteiger partial charge < -0.3 is 4.84 Å². The maximum absolute atomic E-state index is 12.5. The molecule has 0 aromatic rings. The molecule has 0 amide bonds. The summed E-state index contributed by atoms with van der Waals surface area (Å²) in [6.07, 6.45) is 7.87. The van der Waals surface area contributed by atoms with Crippen molar-refractivity contribution >= 4 is 6.21 Å². The van der Waals surface area contributed by atoms with E-state index >= 15 is 0 Å². The van der Waals surface area contributed by atoms with Crippen LogP contribution in [0, 0.1) is 12.3 Å². The Bertz CT molecular complexity index is 208. The van der Waals surface area contributed by atoms with Gasteiger partial charge in [0.1, 0.15) is 12.9 Å². The van der Waals surface area contributed by atoms with Crippen molar-refractivity contribution in [1.29, 1.82) is 0 Å². The Hall–Kier alpha value is -1.12. The number of rotatable bonds is 2. The lowest BCUT2D eigenvalue weighted by Gasteiger charge is -2.06. The van der Waals surface area contributed by atoms with Gasteiger partial charge in [0.25, 0.3) is 0 Å². The van der Waals surface area contributed by atoms with E-state index in [9.17, 15) is 4.39 Å². The van der Waals surface area contributed by atoms with Crippen molar-refractivity contribution in [2.75, 3.05) is 7.11 Å². The van der Waals surface area contributed by atoms with Crippen molar-refractivity contribution in [2.24, 2.45) is 11.1 Å². The van der Waals surface area contributed by atoms with E-state index in [2.05, 4.69) is 9.99 Å². The molecule has 0 aromatic carbocycles. The van der Waals surface area contributed by atoms with Crippen LogP contribution in [0.2, 0.25) is 0 Å². The van der Waals surface area contributed by atoms with Crippen LogP contribution < -0.4 is 0 Å². The van der Waals surface area contributed by atoms with Gasteiger partial charge in [0.2, 0.25) is 0 Å². The molecule has 1 aliphatic carbocycles. The standard InChI is InChI=1S/C8H9FNO/c1-11-10-6-7-3-2-4-8(9)5-7/h2-7H,1H3/b10-6+. The lowest BCUT2D eigenvalue weighted by atomic mass is 10.0. The van der Waals surface area contributed by atoms with Crippen molar-refractivity contribution in [1.82, 2.24) is 0 Å². The zero-order chi connectivity index (χ0) is 8.10. The number of nitrogens with zero attached hydrogens (tertiary/aromatic N) is 1. The Balaban J connectivity index is 2.46. The smallest absolute Gasteiger partial charge is 0.106 e. The fourth-order valence-corrected chi connectivity index (χ4v) is 0.795. The molecule has 1 radical (unpaired) electrons. The molecule has 1 rings (SSSR count). The lowest BCUT2D eigenvalue weighted by Crippen LogP contribution is -2.02. The minimum absolute atomic E-state index is 0.0834. The van der Waals surface area contributed by atoms with Crippen molar-refractivity contribution in [3.05, 3.63) is 30.5 Å². The molecule has 0 aliphatic heterocycles. The zero-order valence-corrected chi connectivity index (χ0v) is 6.20. The van der Waals surface area contributed by atoms with Crippen LogP contribution in [0.25, 0.3) is 0 Å². The topological polar surface area (TPSA) is 21.6 Å². The highest BCUT2D eigenvalue weighted by atomic mass is 19.1. The molecule has 0 N–H and O–H groups in total. The molecule has 0 saturated carbocycles. The Morgan fingerprint density at radius 1 is 1.73 bits per heavy atom. The van der Waals surface area contributed by atoms with Gasteiger partial charge in [-0.15, -0.1) is 0 Å². The second kappa shape index (κ2) is 3.91. The first-order valence-electron chi connectivity index (χ1n) is 3.28. The summed E-state index contributed by atoms with van der Waals surface area (Å²) < 4.78 is 12.5. The molecule has 1 aliphatic rings. The highest BCUT2D eigenvalue weighted by Crippen LogP contribution is 2.16. The Kier molecular flexibility index (Phi) is 2.83. The van der Waals surface area contributed by atoms with E-state index < -0.39 is 0 Å². The summed E-state index contributed by atoms with van der Waals surface area (Å²) in [5, 5.41) is 3.53. The fourth-order valence-electron chi connectivity index (χ4n) is 0.795. The van der Waals surface area contributed by atoms with Crippen LogP contribution in [-0.4, -0.2) is 13.3 Å². The summed E-state index contributed by atoms with van der Waals surface area (Å²) in [5.74, 6) is -0.319. The molecule has 11 heavy (non-hydrogen) atoms. The molecule has 0 bridgehead atoms. The molecule has 3 heteroatoms. The number of hydrogen-bond donors (Lipinski definition) is 0. The maximum Gasteiger partial charge on any atom is 0.106 e. The third kappa shape index (κ3) is 2.53. The van der Waals surface area contributed by atoms with E-state index in [4.69, 9.17) is 0 Å². The Morgan fingerprint density at radius 3 is 3.18 bits per heavy atom. The summed E-state index contributed by atoms with van der Waals surface area (Å²) >= 11 is 0. The van der Waals surface area contributed by atoms with Crippen molar-refractivity contribution in [3.63, 3.8) is 0 Å². The van der Waals surface area contributed by atoms with Gasteiger partial charge >= 0.3 is 0 Å². The molecule has 0 spiro atoms. The minimum atomic E-state index is -0.236. The predicted molar refractivity (Wildman–Crippen MR) is 41.6 cm³/mol. The van der Waals surface area contributed by atoms with Crippen LogP contribution >= 0.6 is 0 Å². The highest BCUT2D eigenvalue weighted by Gasteiger charge is 2.08. The molecule has 1 unspecified atom stereocenters. The predicted octanol–water partition coefficient (Wildman–Crippen LogP) is 1.86. The van der Waals surface area contributed by atoms with Gasteiger partial charge in [0, 0.05) is 12.3 Å². The lowest BCUT2D eigenvalue weighted by molar-refractivity contribution is 0.214. The van der Waals surface area contributed by atoms with E-state index in [1.54, 1.807) is 6.08 Å². The summed E-state index contributed by atoms with van der Waals surface area (Å²) in [6.45, 7) is 0. The maximum atomic E-state index is 12.5. The molecular formula is C8H9FNO. The Labute approximate surface area is 65.0 Å². The highest BCUT2D eigenvalue weighted by molar-refractivity contribution is 5.66. The van der Waals surface area contributed by atoms with Gasteiger partial charge in [-0.2, -0.15) is 0 Å². The molecule has 0 saturated heterocycles. The van der Waals surface area contributed by atoms with Gasteiger partial charge in [0.15, 0.2) is 0 Å². The van der Waals surface area contributed by atoms with Crippen LogP contribution in [0.15, 0.2) is 29.2 Å². The van der Waals surface area contributed by atoms with Gasteiger partial charge in [-0.25, -0.2) is 4.39 Å². The third-order valence-corrected chi connectivity index (χ3v) is 1.28. The van der Waals surface area contributed by atoms with Crippen LogP contribution in [0.5, 0.6) is 0 Å². The molecule has 2 nitrogen and oxygen atoms in total. The first kappa shape index (κ1) is 7.98. The number of halogens is 1. The first-order valence-corrected chi connectivity index (χ1v) is 3.28.